The number of rotatable bonds is 7. The Morgan fingerprint density at radius 2 is 1.79 bits per heavy atom. The normalized spacial score (nSPS) is 22.5. The van der Waals surface area contributed by atoms with Crippen LogP contribution in [0.1, 0.15) is 77.8 Å². The Labute approximate surface area is 177 Å². The summed E-state index contributed by atoms with van der Waals surface area (Å²) in [5.41, 5.74) is 5.79. The van der Waals surface area contributed by atoms with E-state index < -0.39 is 0 Å². The first-order valence-corrected chi connectivity index (χ1v) is 11.2. The van der Waals surface area contributed by atoms with E-state index in [0.29, 0.717) is 0 Å². The van der Waals surface area contributed by atoms with E-state index in [-0.39, 0.29) is 11.0 Å². The fourth-order valence-electron chi connectivity index (χ4n) is 5.09. The molecule has 2 atom stereocenters. The van der Waals surface area contributed by atoms with Gasteiger partial charge in [-0.3, -0.25) is 0 Å². The number of pyridine rings is 1. The van der Waals surface area contributed by atoms with E-state index in [1.807, 2.05) is 6.07 Å². The monoisotopic (exact) mass is 390 g/mol. The number of nitriles is 1. The van der Waals surface area contributed by atoms with Crippen molar-refractivity contribution in [3.63, 3.8) is 0 Å². The number of aromatic nitrogens is 1. The Morgan fingerprint density at radius 3 is 2.41 bits per heavy atom. The predicted octanol–water partition coefficient (Wildman–Crippen LogP) is 5.95. The lowest BCUT2D eigenvalue weighted by molar-refractivity contribution is -0.765. The van der Waals surface area contributed by atoms with Gasteiger partial charge in [0.2, 0.25) is 5.69 Å². The van der Waals surface area contributed by atoms with E-state index in [2.05, 4.69) is 87.7 Å². The number of hydrogen-bond donors (Lipinski definition) is 0. The summed E-state index contributed by atoms with van der Waals surface area (Å²) in [5, 5.41) is 9.52. The molecule has 3 heteroatoms. The van der Waals surface area contributed by atoms with Crippen LogP contribution in [0.4, 0.5) is 5.69 Å². The number of anilines is 1. The molecular formula is C26H36N3+. The highest BCUT2D eigenvalue weighted by Crippen LogP contribution is 2.49. The molecular weight excluding hydrogens is 354 g/mol. The molecule has 0 saturated heterocycles. The van der Waals surface area contributed by atoms with Crippen LogP contribution in [0.5, 0.6) is 0 Å². The van der Waals surface area contributed by atoms with Crippen molar-refractivity contribution in [3.8, 4) is 17.3 Å². The first kappa shape index (κ1) is 21.4. The van der Waals surface area contributed by atoms with E-state index in [1.54, 1.807) is 0 Å². The smallest absolute Gasteiger partial charge is 0.215 e. The maximum Gasteiger partial charge on any atom is 0.215 e. The number of hydrogen-bond acceptors (Lipinski definition) is 2. The predicted molar refractivity (Wildman–Crippen MR) is 121 cm³/mol. The molecule has 0 bridgehead atoms. The van der Waals surface area contributed by atoms with Gasteiger partial charge < -0.3 is 4.90 Å². The molecule has 0 fully saturated rings. The maximum atomic E-state index is 9.52. The molecule has 0 aliphatic carbocycles. The molecule has 1 aliphatic rings. The number of benzene rings is 1. The molecule has 3 nitrogen and oxygen atoms in total. The Bertz CT molecular complexity index is 926. The minimum absolute atomic E-state index is 0.0112. The van der Waals surface area contributed by atoms with Crippen LogP contribution in [0.3, 0.4) is 0 Å². The summed E-state index contributed by atoms with van der Waals surface area (Å²) in [6, 6.07) is 13.2. The molecule has 1 aromatic heterocycles. The highest BCUT2D eigenvalue weighted by molar-refractivity contribution is 5.70. The second kappa shape index (κ2) is 8.19. The topological polar surface area (TPSA) is 30.9 Å². The number of unbranched alkanes of at least 4 members (excludes halogenated alkanes) is 2. The number of nitrogens with zero attached hydrogens (tertiary/aromatic N) is 3. The number of fused-ring (bicyclic) bond motifs is 3. The van der Waals surface area contributed by atoms with Gasteiger partial charge >= 0.3 is 0 Å². The van der Waals surface area contributed by atoms with Gasteiger partial charge in [-0.2, -0.15) is 9.83 Å². The van der Waals surface area contributed by atoms with Crippen molar-refractivity contribution in [3.05, 3.63) is 47.7 Å². The molecule has 29 heavy (non-hydrogen) atoms. The first-order chi connectivity index (χ1) is 13.9. The Hall–Kier alpha value is -2.34. The van der Waals surface area contributed by atoms with E-state index in [1.165, 1.54) is 41.8 Å². The molecule has 2 unspecified atom stereocenters. The van der Waals surface area contributed by atoms with Crippen molar-refractivity contribution in [1.29, 1.82) is 5.26 Å². The minimum Gasteiger partial charge on any atom is -0.374 e. The molecule has 0 amide bonds. The molecule has 0 saturated carbocycles. The van der Waals surface area contributed by atoms with E-state index >= 15 is 0 Å². The van der Waals surface area contributed by atoms with Crippen molar-refractivity contribution in [1.82, 2.24) is 0 Å². The van der Waals surface area contributed by atoms with E-state index in [9.17, 15) is 5.26 Å². The first-order valence-electron chi connectivity index (χ1n) is 11.2. The van der Waals surface area contributed by atoms with E-state index in [4.69, 9.17) is 0 Å². The van der Waals surface area contributed by atoms with Crippen LogP contribution in [0.15, 0.2) is 36.5 Å². The molecule has 0 spiro atoms. The molecule has 0 radical (unpaired) electrons. The van der Waals surface area contributed by atoms with Crippen LogP contribution in [-0.2, 0) is 11.0 Å². The summed E-state index contributed by atoms with van der Waals surface area (Å²) in [6.07, 6.45) is 8.11. The maximum absolute atomic E-state index is 9.52. The lowest BCUT2D eigenvalue weighted by Crippen LogP contribution is -2.67. The second-order valence-electron chi connectivity index (χ2n) is 8.95. The second-order valence-corrected chi connectivity index (χ2v) is 8.95. The molecule has 1 aliphatic heterocycles. The zero-order valence-electron chi connectivity index (χ0n) is 19.0. The summed E-state index contributed by atoms with van der Waals surface area (Å²) in [5.74, 6) is 0. The summed E-state index contributed by atoms with van der Waals surface area (Å²) < 4.78 is 2.48. The highest BCUT2D eigenvalue weighted by atomic mass is 15.1. The summed E-state index contributed by atoms with van der Waals surface area (Å²) in [4.78, 5) is 2.36. The van der Waals surface area contributed by atoms with Gasteiger partial charge in [0.1, 0.15) is 0 Å². The molecule has 2 heterocycles. The van der Waals surface area contributed by atoms with Crippen LogP contribution >= 0.6 is 0 Å². The molecule has 154 valence electrons. The van der Waals surface area contributed by atoms with Crippen LogP contribution < -0.4 is 9.47 Å². The van der Waals surface area contributed by atoms with Crippen molar-refractivity contribution < 1.29 is 4.57 Å². The van der Waals surface area contributed by atoms with Crippen molar-refractivity contribution >= 4 is 5.69 Å². The summed E-state index contributed by atoms with van der Waals surface area (Å²) in [6.45, 7) is 12.7. The van der Waals surface area contributed by atoms with Gasteiger partial charge in [-0.15, -0.1) is 0 Å². The third-order valence-electron chi connectivity index (χ3n) is 7.61. The van der Waals surface area contributed by atoms with Gasteiger partial charge in [-0.05, 0) is 37.5 Å². The molecule has 0 N–H and O–H groups in total. The quantitative estimate of drug-likeness (QED) is 0.432. The fraction of sp³-hybridized carbons (Fsp3) is 0.538. The Morgan fingerprint density at radius 1 is 1.03 bits per heavy atom. The van der Waals surface area contributed by atoms with E-state index in [0.717, 1.165) is 24.9 Å². The summed E-state index contributed by atoms with van der Waals surface area (Å²) in [7, 11) is 2.19. The lowest BCUT2D eigenvalue weighted by Gasteiger charge is -2.46. The van der Waals surface area contributed by atoms with Gasteiger partial charge in [0.15, 0.2) is 11.7 Å². The van der Waals surface area contributed by atoms with Crippen LogP contribution in [0, 0.1) is 11.3 Å². The molecule has 2 aromatic rings. The van der Waals surface area contributed by atoms with Gasteiger partial charge in [0.05, 0.1) is 22.6 Å². The van der Waals surface area contributed by atoms with Gasteiger partial charge in [-0.1, -0.05) is 39.7 Å². The third-order valence-corrected chi connectivity index (χ3v) is 7.61. The molecule has 3 rings (SSSR count). The minimum atomic E-state index is -0.0163. The van der Waals surface area contributed by atoms with Crippen LogP contribution in [-0.4, -0.2) is 13.6 Å². The van der Waals surface area contributed by atoms with Gasteiger partial charge in [-0.25, -0.2) is 0 Å². The average molecular weight is 391 g/mol. The zero-order valence-corrected chi connectivity index (χ0v) is 19.0. The Balaban J connectivity index is 2.20. The van der Waals surface area contributed by atoms with Crippen molar-refractivity contribution in [2.24, 2.45) is 0 Å². The standard InChI is InChI=1S/C26H36N3/c1-7-10-11-15-28(6)21-14-16-29-24(18-21)22-17-20(19-27)12-13-23(22)25(4,8-2)26(29,5)9-3/h12-14,16-18H,7-11,15H2,1-6H3/q+1. The van der Waals surface area contributed by atoms with Crippen LogP contribution in [0.25, 0.3) is 11.3 Å². The SMILES string of the molecule is CCCCCN(C)c1cc[n+]2c(c1)-c1cc(C#N)ccc1C(C)(CC)C2(C)CC. The summed E-state index contributed by atoms with van der Waals surface area (Å²) >= 11 is 0. The third kappa shape index (κ3) is 3.33. The van der Waals surface area contributed by atoms with Crippen LogP contribution in [0.2, 0.25) is 0 Å². The zero-order chi connectivity index (χ0) is 21.2. The Kier molecular flexibility index (Phi) is 6.03. The molecule has 1 aromatic carbocycles. The highest BCUT2D eigenvalue weighted by Gasteiger charge is 2.56. The van der Waals surface area contributed by atoms with Crippen molar-refractivity contribution in [2.75, 3.05) is 18.5 Å². The van der Waals surface area contributed by atoms with Crippen molar-refractivity contribution in [2.45, 2.75) is 77.7 Å². The van der Waals surface area contributed by atoms with Gasteiger partial charge in [0.25, 0.3) is 0 Å². The average Bonchev–Trinajstić information content (AvgIpc) is 2.76. The van der Waals surface area contributed by atoms with Gasteiger partial charge in [0, 0.05) is 44.8 Å². The largest absolute Gasteiger partial charge is 0.374 e. The lowest BCUT2D eigenvalue weighted by atomic mass is 9.60. The fourth-order valence-corrected chi connectivity index (χ4v) is 5.09.